The molecule has 0 saturated carbocycles. The smallest absolute Gasteiger partial charge is 0.234 e. The summed E-state index contributed by atoms with van der Waals surface area (Å²) in [7, 11) is 1.93. The Hall–Kier alpha value is -0.650. The molecule has 0 bridgehead atoms. The lowest BCUT2D eigenvalue weighted by atomic mass is 10.2. The summed E-state index contributed by atoms with van der Waals surface area (Å²) in [6, 6.07) is 0. The molecular formula is C11H25N3O2. The summed E-state index contributed by atoms with van der Waals surface area (Å²) in [6.45, 7) is 7.01. The number of carbonyl (C=O) groups excluding carboxylic acids is 1. The molecule has 0 radical (unpaired) electrons. The number of likely N-dealkylation sites (N-methyl/N-ethyl adjacent to an activating group) is 2. The van der Waals surface area contributed by atoms with Crippen molar-refractivity contribution in [2.45, 2.75) is 26.4 Å². The lowest BCUT2D eigenvalue weighted by Crippen LogP contribution is -2.37. The van der Waals surface area contributed by atoms with Crippen LogP contribution in [0.5, 0.6) is 0 Å². The SMILES string of the molecule is CCNC(=O)CN(C)CCC(CN)OCC. The minimum Gasteiger partial charge on any atom is -0.377 e. The molecule has 1 unspecified atom stereocenters. The Kier molecular flexibility index (Phi) is 9.18. The minimum absolute atomic E-state index is 0.0608. The maximum Gasteiger partial charge on any atom is 0.234 e. The fraction of sp³-hybridized carbons (Fsp3) is 0.909. The molecule has 0 rings (SSSR count). The predicted octanol–water partition coefficient (Wildman–Crippen LogP) is -0.192. The van der Waals surface area contributed by atoms with Crippen molar-refractivity contribution in [1.82, 2.24) is 10.2 Å². The lowest BCUT2D eigenvalue weighted by molar-refractivity contribution is -0.121. The molecule has 1 atom stereocenters. The van der Waals surface area contributed by atoms with E-state index in [2.05, 4.69) is 5.32 Å². The number of nitrogens with zero attached hydrogens (tertiary/aromatic N) is 1. The average molecular weight is 231 g/mol. The van der Waals surface area contributed by atoms with Gasteiger partial charge in [0.2, 0.25) is 5.91 Å². The van der Waals surface area contributed by atoms with Crippen LogP contribution < -0.4 is 11.1 Å². The normalized spacial score (nSPS) is 12.8. The maximum absolute atomic E-state index is 11.3. The van der Waals surface area contributed by atoms with Gasteiger partial charge in [0.05, 0.1) is 12.6 Å². The zero-order chi connectivity index (χ0) is 12.4. The van der Waals surface area contributed by atoms with Gasteiger partial charge in [-0.05, 0) is 27.3 Å². The zero-order valence-electron chi connectivity index (χ0n) is 10.7. The van der Waals surface area contributed by atoms with E-state index in [1.165, 1.54) is 0 Å². The second kappa shape index (κ2) is 9.57. The van der Waals surface area contributed by atoms with Crippen LogP contribution in [0.4, 0.5) is 0 Å². The summed E-state index contributed by atoms with van der Waals surface area (Å²) in [5, 5.41) is 2.77. The highest BCUT2D eigenvalue weighted by molar-refractivity contribution is 5.77. The van der Waals surface area contributed by atoms with Gasteiger partial charge in [0.1, 0.15) is 0 Å². The van der Waals surface area contributed by atoms with Crippen molar-refractivity contribution < 1.29 is 9.53 Å². The van der Waals surface area contributed by atoms with Crippen LogP contribution in [0.3, 0.4) is 0 Å². The predicted molar refractivity (Wildman–Crippen MR) is 65.3 cm³/mol. The van der Waals surface area contributed by atoms with Crippen LogP contribution in [-0.4, -0.2) is 56.7 Å². The van der Waals surface area contributed by atoms with Gasteiger partial charge < -0.3 is 15.8 Å². The largest absolute Gasteiger partial charge is 0.377 e. The molecule has 0 saturated heterocycles. The molecule has 0 aromatic heterocycles. The summed E-state index contributed by atoms with van der Waals surface area (Å²) in [6.07, 6.45) is 0.960. The van der Waals surface area contributed by atoms with Crippen LogP contribution >= 0.6 is 0 Å². The van der Waals surface area contributed by atoms with Crippen molar-refractivity contribution in [2.24, 2.45) is 5.73 Å². The van der Waals surface area contributed by atoms with E-state index in [-0.39, 0.29) is 12.0 Å². The molecule has 5 nitrogen and oxygen atoms in total. The quantitative estimate of drug-likeness (QED) is 0.577. The second-order valence-electron chi connectivity index (χ2n) is 3.79. The topological polar surface area (TPSA) is 67.6 Å². The Labute approximate surface area is 98.3 Å². The molecule has 1 amide bonds. The summed E-state index contributed by atoms with van der Waals surface area (Å²) >= 11 is 0. The molecule has 0 aliphatic rings. The first-order valence-electron chi connectivity index (χ1n) is 5.90. The van der Waals surface area contributed by atoms with Crippen molar-refractivity contribution in [3.05, 3.63) is 0 Å². The van der Waals surface area contributed by atoms with E-state index in [1.54, 1.807) is 0 Å². The van der Waals surface area contributed by atoms with Crippen molar-refractivity contribution in [3.8, 4) is 0 Å². The van der Waals surface area contributed by atoms with Crippen LogP contribution in [0.2, 0.25) is 0 Å². The third-order valence-electron chi connectivity index (χ3n) is 2.29. The third-order valence-corrected chi connectivity index (χ3v) is 2.29. The van der Waals surface area contributed by atoms with Crippen LogP contribution in [0.1, 0.15) is 20.3 Å². The van der Waals surface area contributed by atoms with Gasteiger partial charge in [0.15, 0.2) is 0 Å². The summed E-state index contributed by atoms with van der Waals surface area (Å²) < 4.78 is 5.44. The Morgan fingerprint density at radius 3 is 2.69 bits per heavy atom. The van der Waals surface area contributed by atoms with Gasteiger partial charge in [-0.3, -0.25) is 9.69 Å². The Morgan fingerprint density at radius 2 is 2.19 bits per heavy atom. The third kappa shape index (κ3) is 7.62. The lowest BCUT2D eigenvalue weighted by Gasteiger charge is -2.20. The van der Waals surface area contributed by atoms with E-state index < -0.39 is 0 Å². The van der Waals surface area contributed by atoms with Crippen LogP contribution in [-0.2, 0) is 9.53 Å². The Bertz CT molecular complexity index is 188. The number of carbonyl (C=O) groups is 1. The second-order valence-corrected chi connectivity index (χ2v) is 3.79. The molecule has 0 aromatic rings. The van der Waals surface area contributed by atoms with Gasteiger partial charge in [-0.1, -0.05) is 0 Å². The fourth-order valence-electron chi connectivity index (χ4n) is 1.45. The standard InChI is InChI=1S/C11H25N3O2/c1-4-13-11(15)9-14(3)7-6-10(8-12)16-5-2/h10H,4-9,12H2,1-3H3,(H,13,15). The number of amides is 1. The molecule has 5 heteroatoms. The van der Waals surface area contributed by atoms with Crippen LogP contribution in [0.25, 0.3) is 0 Å². The van der Waals surface area contributed by atoms with E-state index >= 15 is 0 Å². The summed E-state index contributed by atoms with van der Waals surface area (Å²) in [5.41, 5.74) is 5.57. The fourth-order valence-corrected chi connectivity index (χ4v) is 1.45. The van der Waals surface area contributed by atoms with Crippen molar-refractivity contribution in [3.63, 3.8) is 0 Å². The number of rotatable bonds is 9. The molecule has 16 heavy (non-hydrogen) atoms. The highest BCUT2D eigenvalue weighted by Gasteiger charge is 2.09. The van der Waals surface area contributed by atoms with Crippen LogP contribution in [0.15, 0.2) is 0 Å². The van der Waals surface area contributed by atoms with Gasteiger partial charge in [-0.2, -0.15) is 0 Å². The first kappa shape index (κ1) is 15.3. The number of nitrogens with one attached hydrogen (secondary N) is 1. The van der Waals surface area contributed by atoms with Gasteiger partial charge >= 0.3 is 0 Å². The Morgan fingerprint density at radius 1 is 1.50 bits per heavy atom. The summed E-state index contributed by atoms with van der Waals surface area (Å²) in [4.78, 5) is 13.3. The van der Waals surface area contributed by atoms with E-state index in [0.717, 1.165) is 13.0 Å². The van der Waals surface area contributed by atoms with E-state index in [4.69, 9.17) is 10.5 Å². The van der Waals surface area contributed by atoms with E-state index in [9.17, 15) is 4.79 Å². The summed E-state index contributed by atoms with van der Waals surface area (Å²) in [5.74, 6) is 0.0608. The minimum atomic E-state index is 0.0608. The van der Waals surface area contributed by atoms with Gasteiger partial charge in [0, 0.05) is 26.2 Å². The molecule has 3 N–H and O–H groups in total. The van der Waals surface area contributed by atoms with Gasteiger partial charge in [-0.25, -0.2) is 0 Å². The van der Waals surface area contributed by atoms with Crippen molar-refractivity contribution in [2.75, 3.05) is 39.8 Å². The van der Waals surface area contributed by atoms with E-state index in [1.807, 2.05) is 25.8 Å². The Balaban J connectivity index is 3.69. The van der Waals surface area contributed by atoms with Crippen molar-refractivity contribution in [1.29, 1.82) is 0 Å². The number of hydrogen-bond acceptors (Lipinski definition) is 4. The molecule has 0 fully saturated rings. The molecule has 0 aliphatic carbocycles. The number of ether oxygens (including phenoxy) is 1. The van der Waals surface area contributed by atoms with Gasteiger partial charge in [-0.15, -0.1) is 0 Å². The molecule has 96 valence electrons. The maximum atomic E-state index is 11.3. The molecular weight excluding hydrogens is 206 g/mol. The van der Waals surface area contributed by atoms with Gasteiger partial charge in [0.25, 0.3) is 0 Å². The zero-order valence-corrected chi connectivity index (χ0v) is 10.7. The highest BCUT2D eigenvalue weighted by atomic mass is 16.5. The highest BCUT2D eigenvalue weighted by Crippen LogP contribution is 1.98. The monoisotopic (exact) mass is 231 g/mol. The molecule has 0 aliphatic heterocycles. The number of nitrogens with two attached hydrogens (primary N) is 1. The molecule has 0 heterocycles. The first-order chi connectivity index (χ1) is 7.63. The average Bonchev–Trinajstić information content (AvgIpc) is 2.24. The van der Waals surface area contributed by atoms with Crippen LogP contribution in [0, 0.1) is 0 Å². The molecule has 0 spiro atoms. The number of hydrogen-bond donors (Lipinski definition) is 2. The first-order valence-corrected chi connectivity index (χ1v) is 5.90. The van der Waals surface area contributed by atoms with Crippen molar-refractivity contribution >= 4 is 5.91 Å². The van der Waals surface area contributed by atoms with E-state index in [0.29, 0.717) is 26.2 Å². The molecule has 0 aromatic carbocycles.